The zero-order chi connectivity index (χ0) is 19.5. The maximum Gasteiger partial charge on any atom is 0.118 e. The first kappa shape index (κ1) is 18.7. The van der Waals surface area contributed by atoms with Crippen molar-refractivity contribution in [1.29, 1.82) is 0 Å². The number of methoxy groups -OCH3 is 1. The van der Waals surface area contributed by atoms with Crippen molar-refractivity contribution in [3.8, 4) is 17.0 Å². The summed E-state index contributed by atoms with van der Waals surface area (Å²) in [6.07, 6.45) is 0. The molecule has 1 N–H and O–H groups in total. The molecule has 2 aromatic carbocycles. The Morgan fingerprint density at radius 1 is 1.07 bits per heavy atom. The number of fused-ring (bicyclic) bond motifs is 1. The lowest BCUT2D eigenvalue weighted by molar-refractivity contribution is 0.415. The Morgan fingerprint density at radius 3 is 2.61 bits per heavy atom. The molecule has 0 spiro atoms. The van der Waals surface area contributed by atoms with Crippen LogP contribution in [0, 0.1) is 6.92 Å². The molecule has 4 heteroatoms. The second kappa shape index (κ2) is 8.13. The number of aromatic nitrogens is 1. The van der Waals surface area contributed by atoms with Gasteiger partial charge in [0, 0.05) is 28.4 Å². The predicted octanol–water partition coefficient (Wildman–Crippen LogP) is 6.13. The molecule has 0 radical (unpaired) electrons. The number of hydrogen-bond donors (Lipinski definition) is 1. The van der Waals surface area contributed by atoms with Gasteiger partial charge in [0.15, 0.2) is 0 Å². The van der Waals surface area contributed by atoms with Crippen LogP contribution in [0.25, 0.3) is 22.2 Å². The molecule has 0 aliphatic heterocycles. The smallest absolute Gasteiger partial charge is 0.118 e. The van der Waals surface area contributed by atoms with E-state index >= 15 is 0 Å². The van der Waals surface area contributed by atoms with Gasteiger partial charge in [0.2, 0.25) is 0 Å². The van der Waals surface area contributed by atoms with Crippen molar-refractivity contribution in [3.05, 3.63) is 82.0 Å². The number of hydrogen-bond acceptors (Lipinski definition) is 4. The van der Waals surface area contributed by atoms with E-state index in [1.54, 1.807) is 18.4 Å². The van der Waals surface area contributed by atoms with Gasteiger partial charge in [-0.05, 0) is 72.8 Å². The second-order valence-electron chi connectivity index (χ2n) is 7.04. The summed E-state index contributed by atoms with van der Waals surface area (Å²) in [4.78, 5) is 6.37. The summed E-state index contributed by atoms with van der Waals surface area (Å²) in [7, 11) is 1.69. The van der Waals surface area contributed by atoms with E-state index < -0.39 is 0 Å². The summed E-state index contributed by atoms with van der Waals surface area (Å²) < 4.78 is 5.31. The molecule has 142 valence electrons. The fraction of sp³-hybridized carbons (Fsp3) is 0.208. The van der Waals surface area contributed by atoms with Gasteiger partial charge in [-0.1, -0.05) is 18.2 Å². The summed E-state index contributed by atoms with van der Waals surface area (Å²) in [6, 6.07) is 21.4. The molecule has 0 amide bonds. The van der Waals surface area contributed by atoms with Gasteiger partial charge in [0.1, 0.15) is 5.75 Å². The highest BCUT2D eigenvalue weighted by Gasteiger charge is 2.12. The number of ether oxygens (including phenoxy) is 1. The summed E-state index contributed by atoms with van der Waals surface area (Å²) in [5.74, 6) is 0.853. The molecule has 0 aliphatic carbocycles. The van der Waals surface area contributed by atoms with Crippen LogP contribution < -0.4 is 10.1 Å². The van der Waals surface area contributed by atoms with Gasteiger partial charge in [-0.25, -0.2) is 4.98 Å². The van der Waals surface area contributed by atoms with Crippen LogP contribution in [0.4, 0.5) is 0 Å². The Hall–Kier alpha value is -2.69. The number of aryl methyl sites for hydroxylation is 1. The molecule has 2 aromatic heterocycles. The molecule has 1 unspecified atom stereocenters. The van der Waals surface area contributed by atoms with E-state index in [1.165, 1.54) is 21.4 Å². The van der Waals surface area contributed by atoms with Crippen LogP contribution in [0.15, 0.2) is 66.0 Å². The first-order chi connectivity index (χ1) is 13.6. The van der Waals surface area contributed by atoms with E-state index in [0.717, 1.165) is 29.1 Å². The highest BCUT2D eigenvalue weighted by atomic mass is 32.1. The average molecular weight is 389 g/mol. The number of thiophene rings is 1. The van der Waals surface area contributed by atoms with Crippen LogP contribution in [-0.2, 0) is 6.54 Å². The molecule has 0 aliphatic rings. The van der Waals surface area contributed by atoms with E-state index in [4.69, 9.17) is 9.72 Å². The van der Waals surface area contributed by atoms with Crippen molar-refractivity contribution < 1.29 is 4.74 Å². The standard InChI is InChI=1S/C24H24N2OS/c1-16-6-7-19-14-20(15-25-17(2)23-5-4-12-28-23)24(26-22(19)13-16)18-8-10-21(27-3)11-9-18/h4-14,17,25H,15H2,1-3H3. The summed E-state index contributed by atoms with van der Waals surface area (Å²) in [5.41, 5.74) is 5.57. The molecule has 2 heterocycles. The third-order valence-electron chi connectivity index (χ3n) is 4.98. The molecule has 0 saturated carbocycles. The van der Waals surface area contributed by atoms with E-state index in [2.05, 4.69) is 73.1 Å². The quantitative estimate of drug-likeness (QED) is 0.431. The largest absolute Gasteiger partial charge is 0.497 e. The Bertz CT molecular complexity index is 1070. The molecule has 1 atom stereocenters. The van der Waals surface area contributed by atoms with Crippen LogP contribution >= 0.6 is 11.3 Å². The molecular weight excluding hydrogens is 364 g/mol. The van der Waals surface area contributed by atoms with E-state index in [-0.39, 0.29) is 0 Å². The van der Waals surface area contributed by atoms with Crippen molar-refractivity contribution in [2.24, 2.45) is 0 Å². The topological polar surface area (TPSA) is 34.1 Å². The molecule has 3 nitrogen and oxygen atoms in total. The summed E-state index contributed by atoms with van der Waals surface area (Å²) in [6.45, 7) is 5.07. The zero-order valence-electron chi connectivity index (χ0n) is 16.4. The van der Waals surface area contributed by atoms with Gasteiger partial charge >= 0.3 is 0 Å². The second-order valence-corrected chi connectivity index (χ2v) is 8.02. The first-order valence-corrected chi connectivity index (χ1v) is 10.3. The van der Waals surface area contributed by atoms with Gasteiger partial charge in [-0.15, -0.1) is 11.3 Å². The number of rotatable bonds is 6. The third-order valence-corrected chi connectivity index (χ3v) is 6.04. The van der Waals surface area contributed by atoms with Gasteiger partial charge in [0.25, 0.3) is 0 Å². The maximum atomic E-state index is 5.31. The lowest BCUT2D eigenvalue weighted by atomic mass is 10.0. The molecule has 0 fully saturated rings. The number of nitrogens with one attached hydrogen (secondary N) is 1. The van der Waals surface area contributed by atoms with Crippen molar-refractivity contribution in [2.45, 2.75) is 26.4 Å². The SMILES string of the molecule is COc1ccc(-c2nc3cc(C)ccc3cc2CNC(C)c2cccs2)cc1. The Labute approximate surface area is 170 Å². The van der Waals surface area contributed by atoms with Gasteiger partial charge in [-0.2, -0.15) is 0 Å². The maximum absolute atomic E-state index is 5.31. The number of nitrogens with zero attached hydrogens (tertiary/aromatic N) is 1. The molecule has 4 aromatic rings. The Morgan fingerprint density at radius 2 is 1.89 bits per heavy atom. The highest BCUT2D eigenvalue weighted by Crippen LogP contribution is 2.28. The molecule has 0 saturated heterocycles. The van der Waals surface area contributed by atoms with Crippen molar-refractivity contribution in [2.75, 3.05) is 7.11 Å². The number of benzene rings is 2. The summed E-state index contributed by atoms with van der Waals surface area (Å²) >= 11 is 1.78. The van der Waals surface area contributed by atoms with E-state index in [9.17, 15) is 0 Å². The number of pyridine rings is 1. The van der Waals surface area contributed by atoms with Gasteiger partial charge in [-0.3, -0.25) is 0 Å². The third kappa shape index (κ3) is 3.93. The van der Waals surface area contributed by atoms with E-state index in [0.29, 0.717) is 6.04 Å². The van der Waals surface area contributed by atoms with Crippen LogP contribution in [0.3, 0.4) is 0 Å². The monoisotopic (exact) mass is 388 g/mol. The predicted molar refractivity (Wildman–Crippen MR) is 118 cm³/mol. The fourth-order valence-electron chi connectivity index (χ4n) is 3.36. The van der Waals surface area contributed by atoms with Crippen molar-refractivity contribution in [1.82, 2.24) is 10.3 Å². The minimum atomic E-state index is 0.303. The summed E-state index contributed by atoms with van der Waals surface area (Å²) in [5, 5.41) is 6.95. The van der Waals surface area contributed by atoms with Crippen LogP contribution in [0.1, 0.15) is 29.0 Å². The molecule has 4 rings (SSSR count). The molecule has 28 heavy (non-hydrogen) atoms. The van der Waals surface area contributed by atoms with Gasteiger partial charge < -0.3 is 10.1 Å². The Balaban J connectivity index is 1.72. The zero-order valence-corrected chi connectivity index (χ0v) is 17.2. The lowest BCUT2D eigenvalue weighted by Gasteiger charge is -2.16. The first-order valence-electron chi connectivity index (χ1n) is 9.45. The molecular formula is C24H24N2OS. The normalized spacial score (nSPS) is 12.2. The van der Waals surface area contributed by atoms with Crippen LogP contribution in [0.5, 0.6) is 5.75 Å². The fourth-order valence-corrected chi connectivity index (χ4v) is 4.11. The van der Waals surface area contributed by atoms with E-state index in [1.807, 2.05) is 12.1 Å². The average Bonchev–Trinajstić information content (AvgIpc) is 3.26. The van der Waals surface area contributed by atoms with Crippen molar-refractivity contribution in [3.63, 3.8) is 0 Å². The van der Waals surface area contributed by atoms with Crippen LogP contribution in [0.2, 0.25) is 0 Å². The van der Waals surface area contributed by atoms with Crippen molar-refractivity contribution >= 4 is 22.2 Å². The lowest BCUT2D eigenvalue weighted by Crippen LogP contribution is -2.18. The Kier molecular flexibility index (Phi) is 5.42. The minimum absolute atomic E-state index is 0.303. The molecule has 0 bridgehead atoms. The highest BCUT2D eigenvalue weighted by molar-refractivity contribution is 7.10. The minimum Gasteiger partial charge on any atom is -0.497 e. The van der Waals surface area contributed by atoms with Crippen LogP contribution in [-0.4, -0.2) is 12.1 Å². The van der Waals surface area contributed by atoms with Gasteiger partial charge in [0.05, 0.1) is 18.3 Å².